The van der Waals surface area contributed by atoms with Gasteiger partial charge in [-0.05, 0) is 30.3 Å². The van der Waals surface area contributed by atoms with Crippen LogP contribution in [0.4, 0.5) is 11.6 Å². The maximum Gasteiger partial charge on any atom is 0.264 e. The van der Waals surface area contributed by atoms with Crippen LogP contribution in [0.2, 0.25) is 0 Å². The highest BCUT2D eigenvalue weighted by atomic mass is 16.5. The summed E-state index contributed by atoms with van der Waals surface area (Å²) in [4.78, 5) is 33.4. The van der Waals surface area contributed by atoms with Gasteiger partial charge in [0.05, 0.1) is 18.1 Å². The Kier molecular flexibility index (Phi) is 5.67. The van der Waals surface area contributed by atoms with Crippen LogP contribution in [0.5, 0.6) is 11.5 Å². The van der Waals surface area contributed by atoms with Crippen LogP contribution >= 0.6 is 0 Å². The molecule has 4 rings (SSSR count). The molecule has 162 valence electrons. The normalized spacial score (nSPS) is 10.6. The van der Waals surface area contributed by atoms with Crippen molar-refractivity contribution in [3.8, 4) is 22.8 Å². The summed E-state index contributed by atoms with van der Waals surface area (Å²) in [6.07, 6.45) is 6.73. The monoisotopic (exact) mass is 431 g/mol. The largest absolute Gasteiger partial charge is 0.456 e. The molecule has 0 bridgehead atoms. The lowest BCUT2D eigenvalue weighted by molar-refractivity contribution is 0.102. The zero-order valence-corrected chi connectivity index (χ0v) is 17.7. The highest BCUT2D eigenvalue weighted by molar-refractivity contribution is 6.03. The average molecular weight is 431 g/mol. The molecule has 32 heavy (non-hydrogen) atoms. The molecule has 4 aromatic rings. The quantitative estimate of drug-likeness (QED) is 0.482. The first-order valence-corrected chi connectivity index (χ1v) is 9.72. The van der Waals surface area contributed by atoms with Crippen LogP contribution in [0, 0.1) is 0 Å². The van der Waals surface area contributed by atoms with E-state index in [4.69, 9.17) is 4.74 Å². The van der Waals surface area contributed by atoms with Crippen molar-refractivity contribution in [3.63, 3.8) is 0 Å². The van der Waals surface area contributed by atoms with Crippen molar-refractivity contribution in [3.05, 3.63) is 77.1 Å². The summed E-state index contributed by atoms with van der Waals surface area (Å²) in [5.41, 5.74) is 1.23. The van der Waals surface area contributed by atoms with Crippen molar-refractivity contribution in [1.82, 2.24) is 24.3 Å². The van der Waals surface area contributed by atoms with E-state index in [1.54, 1.807) is 61.5 Å². The smallest absolute Gasteiger partial charge is 0.264 e. The lowest BCUT2D eigenvalue weighted by Crippen LogP contribution is -2.28. The van der Waals surface area contributed by atoms with Gasteiger partial charge in [0, 0.05) is 45.2 Å². The van der Waals surface area contributed by atoms with Gasteiger partial charge in [-0.15, -0.1) is 0 Å². The molecular weight excluding hydrogens is 410 g/mol. The first-order chi connectivity index (χ1) is 15.4. The number of hydrogen-bond donors (Lipinski definition) is 2. The molecule has 0 atom stereocenters. The van der Waals surface area contributed by atoms with Crippen molar-refractivity contribution in [1.29, 1.82) is 0 Å². The molecule has 4 heterocycles. The van der Waals surface area contributed by atoms with E-state index in [0.717, 1.165) is 11.3 Å². The SMILES string of the molecule is CNc1ccc(C(=O)Nc2ccc(Oc3ccnc(-c4cnn(C)c4)c3)cn2)c(=O)n1C. The summed E-state index contributed by atoms with van der Waals surface area (Å²) < 4.78 is 8.92. The maximum atomic E-state index is 12.5. The van der Waals surface area contributed by atoms with Crippen LogP contribution in [0.3, 0.4) is 0 Å². The number of nitrogens with one attached hydrogen (secondary N) is 2. The van der Waals surface area contributed by atoms with Gasteiger partial charge >= 0.3 is 0 Å². The van der Waals surface area contributed by atoms with Crippen molar-refractivity contribution in [2.45, 2.75) is 0 Å². The van der Waals surface area contributed by atoms with E-state index in [0.29, 0.717) is 23.1 Å². The fraction of sp³-hybridized carbons (Fsp3) is 0.136. The number of amides is 1. The van der Waals surface area contributed by atoms with Gasteiger partial charge in [-0.25, -0.2) is 4.98 Å². The van der Waals surface area contributed by atoms with Crippen molar-refractivity contribution in [2.24, 2.45) is 14.1 Å². The number of ether oxygens (including phenoxy) is 1. The first kappa shape index (κ1) is 20.8. The van der Waals surface area contributed by atoms with Crippen molar-refractivity contribution >= 4 is 17.5 Å². The Labute approximate surface area is 183 Å². The fourth-order valence-electron chi connectivity index (χ4n) is 3.08. The number of carbonyl (C=O) groups excluding carboxylic acids is 1. The predicted octanol–water partition coefficient (Wildman–Crippen LogP) is 2.66. The Morgan fingerprint density at radius 3 is 2.56 bits per heavy atom. The van der Waals surface area contributed by atoms with E-state index < -0.39 is 11.5 Å². The topological polar surface area (TPSA) is 116 Å². The number of carbonyl (C=O) groups is 1. The van der Waals surface area contributed by atoms with E-state index >= 15 is 0 Å². The molecule has 0 saturated carbocycles. The Bertz CT molecular complexity index is 1330. The second-order valence-corrected chi connectivity index (χ2v) is 6.96. The van der Waals surface area contributed by atoms with Gasteiger partial charge in [0.2, 0.25) is 0 Å². The molecule has 0 spiro atoms. The molecule has 10 nitrogen and oxygen atoms in total. The predicted molar refractivity (Wildman–Crippen MR) is 120 cm³/mol. The van der Waals surface area contributed by atoms with Crippen molar-refractivity contribution < 1.29 is 9.53 Å². The Hall–Kier alpha value is -4.47. The minimum Gasteiger partial charge on any atom is -0.456 e. The number of rotatable bonds is 6. The van der Waals surface area contributed by atoms with Crippen LogP contribution in [0.25, 0.3) is 11.3 Å². The molecule has 10 heteroatoms. The van der Waals surface area contributed by atoms with Gasteiger partial charge < -0.3 is 15.4 Å². The minimum atomic E-state index is -0.537. The Balaban J connectivity index is 1.45. The third-order valence-electron chi connectivity index (χ3n) is 4.75. The number of pyridine rings is 3. The second-order valence-electron chi connectivity index (χ2n) is 6.96. The second kappa shape index (κ2) is 8.72. The Morgan fingerprint density at radius 2 is 1.88 bits per heavy atom. The first-order valence-electron chi connectivity index (χ1n) is 9.72. The molecule has 0 fully saturated rings. The van der Waals surface area contributed by atoms with Crippen LogP contribution in [0.15, 0.2) is 66.0 Å². The number of aromatic nitrogens is 5. The zero-order chi connectivity index (χ0) is 22.7. The lowest BCUT2D eigenvalue weighted by Gasteiger charge is -2.10. The highest BCUT2D eigenvalue weighted by Gasteiger charge is 2.14. The zero-order valence-electron chi connectivity index (χ0n) is 17.7. The van der Waals surface area contributed by atoms with Gasteiger partial charge in [-0.2, -0.15) is 5.10 Å². The average Bonchev–Trinajstić information content (AvgIpc) is 3.23. The van der Waals surface area contributed by atoms with E-state index in [-0.39, 0.29) is 5.56 Å². The number of hydrogen-bond acceptors (Lipinski definition) is 7. The molecule has 0 aliphatic heterocycles. The molecule has 0 aliphatic carbocycles. The van der Waals surface area contributed by atoms with E-state index in [2.05, 4.69) is 25.7 Å². The van der Waals surface area contributed by atoms with Gasteiger partial charge in [-0.1, -0.05) is 0 Å². The summed E-state index contributed by atoms with van der Waals surface area (Å²) >= 11 is 0. The van der Waals surface area contributed by atoms with Crippen LogP contribution in [-0.4, -0.2) is 37.3 Å². The molecular formula is C22H21N7O3. The van der Waals surface area contributed by atoms with Gasteiger partial charge in [0.15, 0.2) is 0 Å². The van der Waals surface area contributed by atoms with Crippen LogP contribution < -0.4 is 20.9 Å². The number of aryl methyl sites for hydroxylation is 1. The molecule has 4 aromatic heterocycles. The standard InChI is InChI=1S/C22H21N7O3/c1-23-20-7-5-17(22(31)29(20)3)21(30)27-19-6-4-16(12-25-19)32-15-8-9-24-18(10-15)14-11-26-28(2)13-14/h4-13,23H,1-3H3,(H,25,27,30). The molecule has 2 N–H and O–H groups in total. The molecule has 0 saturated heterocycles. The van der Waals surface area contributed by atoms with Gasteiger partial charge in [0.25, 0.3) is 11.5 Å². The highest BCUT2D eigenvalue weighted by Crippen LogP contribution is 2.25. The summed E-state index contributed by atoms with van der Waals surface area (Å²) in [5, 5.41) is 9.67. The number of nitrogens with zero attached hydrogens (tertiary/aromatic N) is 5. The van der Waals surface area contributed by atoms with Crippen LogP contribution in [-0.2, 0) is 14.1 Å². The number of anilines is 2. The van der Waals surface area contributed by atoms with Crippen LogP contribution in [0.1, 0.15) is 10.4 Å². The Morgan fingerprint density at radius 1 is 1.03 bits per heavy atom. The molecule has 1 amide bonds. The third kappa shape index (κ3) is 4.33. The maximum absolute atomic E-state index is 12.5. The summed E-state index contributed by atoms with van der Waals surface area (Å²) in [6, 6.07) is 9.95. The van der Waals surface area contributed by atoms with E-state index in [9.17, 15) is 9.59 Å². The lowest BCUT2D eigenvalue weighted by atomic mass is 10.2. The molecule has 0 aromatic carbocycles. The third-order valence-corrected chi connectivity index (χ3v) is 4.75. The van der Waals surface area contributed by atoms with E-state index in [1.807, 2.05) is 13.2 Å². The molecule has 0 aliphatic rings. The van der Waals surface area contributed by atoms with E-state index in [1.165, 1.54) is 16.8 Å². The molecule has 0 radical (unpaired) electrons. The minimum absolute atomic E-state index is 0.0216. The fourth-order valence-corrected chi connectivity index (χ4v) is 3.08. The van der Waals surface area contributed by atoms with Gasteiger partial charge in [0.1, 0.15) is 28.7 Å². The molecule has 0 unspecified atom stereocenters. The summed E-state index contributed by atoms with van der Waals surface area (Å²) in [6.45, 7) is 0. The summed E-state index contributed by atoms with van der Waals surface area (Å²) in [7, 11) is 5.13. The van der Waals surface area contributed by atoms with Crippen molar-refractivity contribution in [2.75, 3.05) is 17.7 Å². The van der Waals surface area contributed by atoms with Gasteiger partial charge in [-0.3, -0.25) is 23.8 Å². The summed E-state index contributed by atoms with van der Waals surface area (Å²) in [5.74, 6) is 1.44.